The molecule has 1 heterocycles. The van der Waals surface area contributed by atoms with Crippen LogP contribution in [0.5, 0.6) is 0 Å². The monoisotopic (exact) mass is 382 g/mol. The Morgan fingerprint density at radius 2 is 1.89 bits per heavy atom. The van der Waals surface area contributed by atoms with E-state index in [1.54, 1.807) is 6.07 Å². The maximum Gasteiger partial charge on any atom is 0.259 e. The molecule has 0 saturated carbocycles. The van der Waals surface area contributed by atoms with E-state index in [2.05, 4.69) is 32.6 Å². The number of benzene rings is 2. The van der Waals surface area contributed by atoms with Crippen LogP contribution in [0.1, 0.15) is 0 Å². The van der Waals surface area contributed by atoms with Crippen molar-refractivity contribution in [1.82, 2.24) is 9.97 Å². The fraction of sp³-hybridized carbons (Fsp3) is 0. The van der Waals surface area contributed by atoms with E-state index in [0.29, 0.717) is 21.7 Å². The average molecular weight is 383 g/mol. The van der Waals surface area contributed by atoms with Crippen molar-refractivity contribution in [2.75, 3.05) is 0 Å². The molecule has 19 heavy (non-hydrogen) atoms. The van der Waals surface area contributed by atoms with Crippen LogP contribution in [0.15, 0.2) is 47.3 Å². The number of nitrogens with zero attached hydrogens (tertiary/aromatic N) is 1. The second-order valence-corrected chi connectivity index (χ2v) is 5.52. The summed E-state index contributed by atoms with van der Waals surface area (Å²) < 4.78 is 0.875. The van der Waals surface area contributed by atoms with Gasteiger partial charge in [0.1, 0.15) is 5.82 Å². The highest BCUT2D eigenvalue weighted by Crippen LogP contribution is 2.28. The van der Waals surface area contributed by atoms with Crippen molar-refractivity contribution in [1.29, 1.82) is 0 Å². The Labute approximate surface area is 127 Å². The van der Waals surface area contributed by atoms with Crippen molar-refractivity contribution in [2.45, 2.75) is 0 Å². The molecular weight excluding hydrogens is 375 g/mol. The van der Waals surface area contributed by atoms with E-state index >= 15 is 0 Å². The first-order valence-electron chi connectivity index (χ1n) is 5.60. The molecule has 0 radical (unpaired) electrons. The zero-order valence-electron chi connectivity index (χ0n) is 9.65. The number of halogens is 2. The summed E-state index contributed by atoms with van der Waals surface area (Å²) in [6.07, 6.45) is 0. The van der Waals surface area contributed by atoms with Gasteiger partial charge in [-0.3, -0.25) is 4.79 Å². The quantitative estimate of drug-likeness (QED) is 0.650. The third-order valence-corrected chi connectivity index (χ3v) is 4.62. The van der Waals surface area contributed by atoms with Gasteiger partial charge >= 0.3 is 0 Å². The van der Waals surface area contributed by atoms with Gasteiger partial charge in [-0.05, 0) is 40.8 Å². The van der Waals surface area contributed by atoms with E-state index < -0.39 is 0 Å². The van der Waals surface area contributed by atoms with Gasteiger partial charge in [0.05, 0.1) is 15.9 Å². The molecule has 0 unspecified atom stereocenters. The fourth-order valence-electron chi connectivity index (χ4n) is 1.90. The van der Waals surface area contributed by atoms with Crippen LogP contribution in [0.2, 0.25) is 5.02 Å². The molecule has 0 aliphatic carbocycles. The number of para-hydroxylation sites is 1. The molecule has 0 amide bonds. The van der Waals surface area contributed by atoms with Gasteiger partial charge in [0.25, 0.3) is 5.56 Å². The van der Waals surface area contributed by atoms with Crippen molar-refractivity contribution in [3.63, 3.8) is 0 Å². The molecule has 0 aliphatic heterocycles. The molecule has 3 nitrogen and oxygen atoms in total. The second-order valence-electron chi connectivity index (χ2n) is 4.03. The number of fused-ring (bicyclic) bond motifs is 1. The lowest BCUT2D eigenvalue weighted by molar-refractivity contribution is 1.18. The molecule has 0 saturated heterocycles. The summed E-state index contributed by atoms with van der Waals surface area (Å²) in [5.41, 5.74) is 1.37. The SMILES string of the molecule is O=c1[nH]c(-c2cccc(Cl)c2I)nc2ccccc12. The van der Waals surface area contributed by atoms with Crippen LogP contribution < -0.4 is 5.56 Å². The third kappa shape index (κ3) is 2.26. The third-order valence-electron chi connectivity index (χ3n) is 2.82. The van der Waals surface area contributed by atoms with Crippen LogP contribution in [-0.4, -0.2) is 9.97 Å². The highest BCUT2D eigenvalue weighted by Gasteiger charge is 2.10. The van der Waals surface area contributed by atoms with Crippen LogP contribution >= 0.6 is 34.2 Å². The topological polar surface area (TPSA) is 45.8 Å². The Balaban J connectivity index is 2.32. The number of H-pyrrole nitrogens is 1. The number of nitrogens with one attached hydrogen (secondary N) is 1. The van der Waals surface area contributed by atoms with E-state index in [1.165, 1.54) is 0 Å². The summed E-state index contributed by atoms with van der Waals surface area (Å²) in [6, 6.07) is 12.8. The van der Waals surface area contributed by atoms with E-state index in [0.717, 1.165) is 9.13 Å². The molecule has 1 N–H and O–H groups in total. The van der Waals surface area contributed by atoms with Gasteiger partial charge in [-0.15, -0.1) is 0 Å². The first-order chi connectivity index (χ1) is 9.16. The lowest BCUT2D eigenvalue weighted by Crippen LogP contribution is -2.09. The minimum Gasteiger partial charge on any atom is -0.306 e. The molecule has 3 aromatic rings. The van der Waals surface area contributed by atoms with Crippen LogP contribution in [0.3, 0.4) is 0 Å². The van der Waals surface area contributed by atoms with Crippen LogP contribution in [-0.2, 0) is 0 Å². The van der Waals surface area contributed by atoms with Gasteiger partial charge in [-0.25, -0.2) is 4.98 Å². The Hall–Kier alpha value is -1.40. The molecule has 3 rings (SSSR count). The number of hydrogen-bond donors (Lipinski definition) is 1. The van der Waals surface area contributed by atoms with Gasteiger partial charge in [0.15, 0.2) is 0 Å². The molecular formula is C14H8ClIN2O. The summed E-state index contributed by atoms with van der Waals surface area (Å²) >= 11 is 8.24. The molecule has 0 bridgehead atoms. The molecule has 5 heteroatoms. The van der Waals surface area contributed by atoms with Crippen LogP contribution in [0.25, 0.3) is 22.3 Å². The first kappa shape index (κ1) is 12.6. The first-order valence-corrected chi connectivity index (χ1v) is 7.06. The molecule has 0 spiro atoms. The normalized spacial score (nSPS) is 10.8. The average Bonchev–Trinajstić information content (AvgIpc) is 2.42. The van der Waals surface area contributed by atoms with Crippen molar-refractivity contribution in [3.05, 3.63) is 61.4 Å². The summed E-state index contributed by atoms with van der Waals surface area (Å²) in [5, 5.41) is 1.23. The summed E-state index contributed by atoms with van der Waals surface area (Å²) in [7, 11) is 0. The van der Waals surface area contributed by atoms with Crippen LogP contribution in [0, 0.1) is 3.57 Å². The standard InChI is InChI=1S/C14H8ClIN2O/c15-10-6-3-5-9(12(10)16)13-17-11-7-2-1-4-8(11)14(19)18-13/h1-7H,(H,17,18,19). The highest BCUT2D eigenvalue weighted by molar-refractivity contribution is 14.1. The largest absolute Gasteiger partial charge is 0.306 e. The zero-order valence-corrected chi connectivity index (χ0v) is 12.6. The minimum absolute atomic E-state index is 0.142. The molecule has 2 aromatic carbocycles. The van der Waals surface area contributed by atoms with Gasteiger partial charge in [0.2, 0.25) is 0 Å². The van der Waals surface area contributed by atoms with Crippen molar-refractivity contribution in [3.8, 4) is 11.4 Å². The zero-order chi connectivity index (χ0) is 13.4. The molecule has 1 aromatic heterocycles. The minimum atomic E-state index is -0.142. The maximum absolute atomic E-state index is 12.0. The van der Waals surface area contributed by atoms with Gasteiger partial charge in [-0.1, -0.05) is 35.9 Å². The lowest BCUT2D eigenvalue weighted by Gasteiger charge is -2.06. The number of rotatable bonds is 1. The van der Waals surface area contributed by atoms with E-state index in [9.17, 15) is 4.79 Å². The van der Waals surface area contributed by atoms with Crippen LogP contribution in [0.4, 0.5) is 0 Å². The number of hydrogen-bond acceptors (Lipinski definition) is 2. The predicted octanol–water partition coefficient (Wildman–Crippen LogP) is 3.85. The summed E-state index contributed by atoms with van der Waals surface area (Å²) in [6.45, 7) is 0. The molecule has 0 atom stereocenters. The van der Waals surface area contributed by atoms with E-state index in [1.807, 2.05) is 36.4 Å². The maximum atomic E-state index is 12.0. The predicted molar refractivity (Wildman–Crippen MR) is 85.5 cm³/mol. The number of aromatic amines is 1. The summed E-state index contributed by atoms with van der Waals surface area (Å²) in [5.74, 6) is 0.538. The highest BCUT2D eigenvalue weighted by atomic mass is 127. The Bertz CT molecular complexity index is 829. The summed E-state index contributed by atoms with van der Waals surface area (Å²) in [4.78, 5) is 19.3. The molecule has 0 aliphatic rings. The Morgan fingerprint density at radius 1 is 1.11 bits per heavy atom. The smallest absolute Gasteiger partial charge is 0.259 e. The van der Waals surface area contributed by atoms with Crippen molar-refractivity contribution >= 4 is 45.1 Å². The lowest BCUT2D eigenvalue weighted by atomic mass is 10.2. The Morgan fingerprint density at radius 3 is 2.74 bits per heavy atom. The van der Waals surface area contributed by atoms with Crippen molar-refractivity contribution < 1.29 is 0 Å². The fourth-order valence-corrected chi connectivity index (χ4v) is 2.69. The van der Waals surface area contributed by atoms with E-state index in [-0.39, 0.29) is 5.56 Å². The van der Waals surface area contributed by atoms with Gasteiger partial charge in [-0.2, -0.15) is 0 Å². The van der Waals surface area contributed by atoms with E-state index in [4.69, 9.17) is 11.6 Å². The van der Waals surface area contributed by atoms with Gasteiger partial charge in [0, 0.05) is 9.13 Å². The Kier molecular flexibility index (Phi) is 3.28. The second kappa shape index (κ2) is 4.94. The molecule has 94 valence electrons. The van der Waals surface area contributed by atoms with Crippen molar-refractivity contribution in [2.24, 2.45) is 0 Å². The molecule has 0 fully saturated rings. The van der Waals surface area contributed by atoms with Gasteiger partial charge < -0.3 is 4.98 Å². The number of aromatic nitrogens is 2.